The van der Waals surface area contributed by atoms with Crippen LogP contribution >= 0.6 is 11.6 Å². The second-order valence-electron chi connectivity index (χ2n) is 2.58. The number of halogens is 1. The molecule has 0 atom stereocenters. The number of aromatic nitrogens is 1. The van der Waals surface area contributed by atoms with Gasteiger partial charge < -0.3 is 0 Å². The van der Waals surface area contributed by atoms with Crippen LogP contribution in [0.1, 0.15) is 20.7 Å². The number of alkyl halides is 1. The summed E-state index contributed by atoms with van der Waals surface area (Å²) in [5.41, 5.74) is 0.703. The number of carbonyl (C=O) groups excluding carboxylic acids is 2. The van der Waals surface area contributed by atoms with Gasteiger partial charge in [0.2, 0.25) is 0 Å². The van der Waals surface area contributed by atoms with Crippen molar-refractivity contribution >= 4 is 23.4 Å². The van der Waals surface area contributed by atoms with Crippen LogP contribution in [0.25, 0.3) is 0 Å². The van der Waals surface area contributed by atoms with E-state index in [1.165, 1.54) is 18.5 Å². The molecule has 2 heterocycles. The summed E-state index contributed by atoms with van der Waals surface area (Å²) in [6.45, 7) is 0. The molecule has 0 fully saturated rings. The quantitative estimate of drug-likeness (QED) is 0.381. The first kappa shape index (κ1) is 8.19. The molecule has 1 aliphatic rings. The predicted molar refractivity (Wildman–Crippen MR) is 45.5 cm³/mol. The SMILES string of the molecule is O=C1c2ccncc2C(=O)N1CCl. The molecule has 0 spiro atoms. The number of hydrogen-bond acceptors (Lipinski definition) is 3. The van der Waals surface area contributed by atoms with E-state index in [1.54, 1.807) is 0 Å². The van der Waals surface area contributed by atoms with E-state index in [4.69, 9.17) is 11.6 Å². The van der Waals surface area contributed by atoms with Gasteiger partial charge in [0.15, 0.2) is 0 Å². The average molecular weight is 197 g/mol. The van der Waals surface area contributed by atoms with Crippen LogP contribution in [0.15, 0.2) is 18.5 Å². The molecule has 1 aliphatic heterocycles. The van der Waals surface area contributed by atoms with Crippen LogP contribution in [-0.4, -0.2) is 27.7 Å². The second-order valence-corrected chi connectivity index (χ2v) is 2.82. The molecule has 2 amide bonds. The van der Waals surface area contributed by atoms with Crippen molar-refractivity contribution in [1.29, 1.82) is 0 Å². The highest BCUT2D eigenvalue weighted by Crippen LogP contribution is 2.21. The monoisotopic (exact) mass is 196 g/mol. The Hall–Kier alpha value is -1.42. The third kappa shape index (κ3) is 1.02. The number of nitrogens with zero attached hydrogens (tertiary/aromatic N) is 2. The Labute approximate surface area is 79.1 Å². The van der Waals surface area contributed by atoms with Gasteiger partial charge in [-0.1, -0.05) is 0 Å². The van der Waals surface area contributed by atoms with Crippen molar-refractivity contribution < 1.29 is 9.59 Å². The van der Waals surface area contributed by atoms with E-state index in [0.29, 0.717) is 11.1 Å². The lowest BCUT2D eigenvalue weighted by Gasteiger charge is -2.06. The van der Waals surface area contributed by atoms with Crippen molar-refractivity contribution in [2.24, 2.45) is 0 Å². The smallest absolute Gasteiger partial charge is 0.264 e. The van der Waals surface area contributed by atoms with Crippen molar-refractivity contribution in [2.45, 2.75) is 0 Å². The maximum absolute atomic E-state index is 11.4. The molecule has 0 bridgehead atoms. The molecular weight excluding hydrogens is 192 g/mol. The highest BCUT2D eigenvalue weighted by molar-refractivity contribution is 6.27. The molecule has 0 saturated carbocycles. The van der Waals surface area contributed by atoms with E-state index in [9.17, 15) is 9.59 Å². The average Bonchev–Trinajstić information content (AvgIpc) is 2.41. The number of fused-ring (bicyclic) bond motifs is 1. The zero-order valence-electron chi connectivity index (χ0n) is 6.53. The fraction of sp³-hybridized carbons (Fsp3) is 0.125. The van der Waals surface area contributed by atoms with Crippen LogP contribution in [0.3, 0.4) is 0 Å². The van der Waals surface area contributed by atoms with Gasteiger partial charge in [0.05, 0.1) is 11.1 Å². The molecule has 13 heavy (non-hydrogen) atoms. The minimum Gasteiger partial charge on any atom is -0.269 e. The number of carbonyl (C=O) groups is 2. The molecule has 1 aromatic rings. The maximum Gasteiger partial charge on any atom is 0.264 e. The fourth-order valence-corrected chi connectivity index (χ4v) is 1.46. The van der Waals surface area contributed by atoms with Crippen molar-refractivity contribution in [2.75, 3.05) is 6.00 Å². The first-order chi connectivity index (χ1) is 6.25. The van der Waals surface area contributed by atoms with Gasteiger partial charge in [-0.15, -0.1) is 11.6 Å². The van der Waals surface area contributed by atoms with Crippen LogP contribution < -0.4 is 0 Å². The Morgan fingerprint density at radius 1 is 1.31 bits per heavy atom. The zero-order valence-corrected chi connectivity index (χ0v) is 7.28. The van der Waals surface area contributed by atoms with Gasteiger partial charge in [0, 0.05) is 12.4 Å². The summed E-state index contributed by atoms with van der Waals surface area (Å²) >= 11 is 5.45. The summed E-state index contributed by atoms with van der Waals surface area (Å²) in [6, 6.07) is 1.40. The fourth-order valence-electron chi connectivity index (χ4n) is 1.24. The summed E-state index contributed by atoms with van der Waals surface area (Å²) < 4.78 is 0. The van der Waals surface area contributed by atoms with Gasteiger partial charge >= 0.3 is 0 Å². The minimum absolute atomic E-state index is 0.119. The van der Waals surface area contributed by atoms with Crippen LogP contribution in [0, 0.1) is 0 Å². The van der Waals surface area contributed by atoms with Crippen molar-refractivity contribution in [1.82, 2.24) is 9.88 Å². The van der Waals surface area contributed by atoms with Gasteiger partial charge in [0.25, 0.3) is 11.8 Å². The van der Waals surface area contributed by atoms with E-state index in [2.05, 4.69) is 4.98 Å². The molecule has 2 rings (SSSR count). The maximum atomic E-state index is 11.4. The molecular formula is C8H5ClN2O2. The Morgan fingerprint density at radius 3 is 2.62 bits per heavy atom. The number of imide groups is 1. The summed E-state index contributed by atoms with van der Waals surface area (Å²) in [4.78, 5) is 27.6. The van der Waals surface area contributed by atoms with Gasteiger partial charge in [0.1, 0.15) is 6.00 Å². The lowest BCUT2D eigenvalue weighted by atomic mass is 10.2. The largest absolute Gasteiger partial charge is 0.269 e. The molecule has 0 N–H and O–H groups in total. The lowest BCUT2D eigenvalue weighted by molar-refractivity contribution is 0.0682. The number of amides is 2. The number of hydrogen-bond donors (Lipinski definition) is 0. The Balaban J connectivity index is 2.57. The van der Waals surface area contributed by atoms with Crippen molar-refractivity contribution in [3.8, 4) is 0 Å². The van der Waals surface area contributed by atoms with Gasteiger partial charge in [-0.05, 0) is 6.07 Å². The molecule has 0 saturated heterocycles. The van der Waals surface area contributed by atoms with E-state index in [1.807, 2.05) is 0 Å². The molecule has 0 aromatic carbocycles. The van der Waals surface area contributed by atoms with E-state index < -0.39 is 0 Å². The molecule has 0 aliphatic carbocycles. The predicted octanol–water partition coefficient (Wildman–Crippen LogP) is 0.874. The number of rotatable bonds is 1. The summed E-state index contributed by atoms with van der Waals surface area (Å²) in [6.07, 6.45) is 2.85. The Kier molecular flexibility index (Phi) is 1.77. The molecule has 5 heteroatoms. The summed E-state index contributed by atoms with van der Waals surface area (Å²) in [5.74, 6) is -0.722. The first-order valence-electron chi connectivity index (χ1n) is 3.62. The minimum atomic E-state index is -0.372. The highest BCUT2D eigenvalue weighted by atomic mass is 35.5. The molecule has 66 valence electrons. The summed E-state index contributed by atoms with van der Waals surface area (Å²) in [7, 11) is 0. The molecule has 4 nitrogen and oxygen atoms in total. The van der Waals surface area contributed by atoms with Crippen LogP contribution in [0.2, 0.25) is 0 Å². The standard InChI is InChI=1S/C8H5ClN2O2/c9-4-11-7(12)5-1-2-10-3-6(5)8(11)13/h1-3H,4H2. The molecule has 0 radical (unpaired) electrons. The first-order valence-corrected chi connectivity index (χ1v) is 4.15. The second kappa shape index (κ2) is 2.81. The highest BCUT2D eigenvalue weighted by Gasteiger charge is 2.34. The lowest BCUT2D eigenvalue weighted by Crippen LogP contribution is -2.28. The molecule has 0 unspecified atom stereocenters. The van der Waals surface area contributed by atoms with Gasteiger partial charge in [-0.3, -0.25) is 19.5 Å². The van der Waals surface area contributed by atoms with E-state index in [0.717, 1.165) is 4.90 Å². The third-order valence-corrected chi connectivity index (χ3v) is 2.13. The van der Waals surface area contributed by atoms with Crippen molar-refractivity contribution in [3.05, 3.63) is 29.6 Å². The van der Waals surface area contributed by atoms with Gasteiger partial charge in [-0.25, -0.2) is 0 Å². The Bertz CT molecular complexity index is 356. The summed E-state index contributed by atoms with van der Waals surface area (Å²) in [5, 5.41) is 0. The zero-order chi connectivity index (χ0) is 9.42. The third-order valence-electron chi connectivity index (χ3n) is 1.89. The Morgan fingerprint density at radius 2 is 2.00 bits per heavy atom. The number of pyridine rings is 1. The van der Waals surface area contributed by atoms with Gasteiger partial charge in [-0.2, -0.15) is 0 Å². The van der Waals surface area contributed by atoms with Crippen LogP contribution in [0.5, 0.6) is 0 Å². The molecule has 1 aromatic heterocycles. The van der Waals surface area contributed by atoms with E-state index in [-0.39, 0.29) is 17.8 Å². The van der Waals surface area contributed by atoms with Crippen LogP contribution in [0.4, 0.5) is 0 Å². The van der Waals surface area contributed by atoms with Crippen molar-refractivity contribution in [3.63, 3.8) is 0 Å². The van der Waals surface area contributed by atoms with Crippen LogP contribution in [-0.2, 0) is 0 Å². The normalized spacial score (nSPS) is 15.0. The van der Waals surface area contributed by atoms with E-state index >= 15 is 0 Å². The topological polar surface area (TPSA) is 50.3 Å².